The second-order valence-corrected chi connectivity index (χ2v) is 6.25. The van der Waals surface area contributed by atoms with Crippen molar-refractivity contribution in [2.75, 3.05) is 7.11 Å². The number of methoxy groups -OCH3 is 1. The Kier molecular flexibility index (Phi) is 2.36. The largest absolute Gasteiger partial charge is 0.467 e. The lowest BCUT2D eigenvalue weighted by Crippen LogP contribution is -2.60. The number of fused-ring (bicyclic) bond motifs is 3. The first-order valence-electron chi connectivity index (χ1n) is 6.87. The molecule has 1 aromatic rings. The highest BCUT2D eigenvalue weighted by Gasteiger charge is 2.75. The van der Waals surface area contributed by atoms with Gasteiger partial charge in [-0.15, -0.1) is 0 Å². The van der Waals surface area contributed by atoms with E-state index in [0.29, 0.717) is 5.56 Å². The maximum atomic E-state index is 12.4. The summed E-state index contributed by atoms with van der Waals surface area (Å²) in [6, 6.07) is 7.65. The van der Waals surface area contributed by atoms with E-state index in [1.165, 1.54) is 12.7 Å². The first-order chi connectivity index (χ1) is 9.27. The quantitative estimate of drug-likeness (QED) is 0.631. The van der Waals surface area contributed by atoms with Crippen molar-refractivity contribution in [3.8, 4) is 0 Å². The van der Waals surface area contributed by atoms with E-state index in [1.54, 1.807) is 0 Å². The van der Waals surface area contributed by atoms with Crippen LogP contribution in [0, 0.1) is 5.41 Å². The Hall–Kier alpha value is -1.61. The molecule has 106 valence electrons. The van der Waals surface area contributed by atoms with Gasteiger partial charge in [0.25, 0.3) is 0 Å². The summed E-state index contributed by atoms with van der Waals surface area (Å²) in [4.78, 5) is 12.4. The monoisotopic (exact) mass is 272 g/mol. The Bertz CT molecular complexity index is 660. The molecule has 0 unspecified atom stereocenters. The molecule has 2 aliphatic rings. The molecule has 0 aliphatic heterocycles. The first-order valence-corrected chi connectivity index (χ1v) is 6.87. The predicted octanol–water partition coefficient (Wildman–Crippen LogP) is 2.67. The van der Waals surface area contributed by atoms with Crippen molar-refractivity contribution in [1.29, 1.82) is 0 Å². The molecule has 20 heavy (non-hydrogen) atoms. The fourth-order valence-electron chi connectivity index (χ4n) is 4.51. The standard InChI is InChI=1S/C17H20O3/c1-10-11(2)16(4)15(10,3)12-8-6-7-9-13(12)17(16,19)14(18)20-5/h6-9,19H,1-5H3/t15-,16+,17-/m0/s1. The predicted molar refractivity (Wildman–Crippen MR) is 76.2 cm³/mol. The Labute approximate surface area is 119 Å². The number of aliphatic hydroxyl groups is 1. The molecule has 0 radical (unpaired) electrons. The molecule has 3 rings (SSSR count). The normalized spacial score (nSPS) is 38.1. The van der Waals surface area contributed by atoms with Crippen LogP contribution >= 0.6 is 0 Å². The highest BCUT2D eigenvalue weighted by Crippen LogP contribution is 2.73. The first kappa shape index (κ1) is 13.4. The van der Waals surface area contributed by atoms with Gasteiger partial charge in [-0.3, -0.25) is 0 Å². The van der Waals surface area contributed by atoms with Gasteiger partial charge in [0, 0.05) is 10.8 Å². The third-order valence-corrected chi connectivity index (χ3v) is 6.12. The Morgan fingerprint density at radius 2 is 1.65 bits per heavy atom. The summed E-state index contributed by atoms with van der Waals surface area (Å²) in [5.74, 6) is -0.581. The van der Waals surface area contributed by atoms with Gasteiger partial charge in [-0.1, -0.05) is 49.3 Å². The van der Waals surface area contributed by atoms with Gasteiger partial charge in [-0.2, -0.15) is 0 Å². The second-order valence-electron chi connectivity index (χ2n) is 6.25. The van der Waals surface area contributed by atoms with Gasteiger partial charge >= 0.3 is 5.97 Å². The molecule has 0 fully saturated rings. The number of benzene rings is 1. The molecule has 3 atom stereocenters. The van der Waals surface area contributed by atoms with Crippen molar-refractivity contribution in [3.05, 3.63) is 46.5 Å². The number of rotatable bonds is 1. The van der Waals surface area contributed by atoms with Gasteiger partial charge in [0.05, 0.1) is 7.11 Å². The zero-order chi connectivity index (χ0) is 14.9. The summed E-state index contributed by atoms with van der Waals surface area (Å²) in [6.45, 7) is 8.15. The van der Waals surface area contributed by atoms with Gasteiger partial charge in [-0.25, -0.2) is 4.79 Å². The Morgan fingerprint density at radius 1 is 1.10 bits per heavy atom. The van der Waals surface area contributed by atoms with Gasteiger partial charge in [0.2, 0.25) is 0 Å². The minimum absolute atomic E-state index is 0.323. The lowest BCUT2D eigenvalue weighted by atomic mass is 9.45. The number of esters is 1. The van der Waals surface area contributed by atoms with Crippen LogP contribution in [0.25, 0.3) is 0 Å². The molecule has 0 aromatic heterocycles. The molecule has 2 aliphatic carbocycles. The SMILES string of the molecule is COC(=O)[C@@]1(O)c2ccccc2[C@]2(C)C(C)=C(C)[C@]21C. The fourth-order valence-corrected chi connectivity index (χ4v) is 4.51. The van der Waals surface area contributed by atoms with Crippen LogP contribution in [0.4, 0.5) is 0 Å². The van der Waals surface area contributed by atoms with Crippen molar-refractivity contribution in [2.24, 2.45) is 5.41 Å². The summed E-state index contributed by atoms with van der Waals surface area (Å²) in [6.07, 6.45) is 0. The van der Waals surface area contributed by atoms with Crippen LogP contribution in [0.15, 0.2) is 35.4 Å². The van der Waals surface area contributed by atoms with Gasteiger partial charge in [0.1, 0.15) is 0 Å². The van der Waals surface area contributed by atoms with Crippen molar-refractivity contribution in [1.82, 2.24) is 0 Å². The van der Waals surface area contributed by atoms with Crippen LogP contribution in [0.3, 0.4) is 0 Å². The molecule has 0 spiro atoms. The molecule has 0 heterocycles. The average molecular weight is 272 g/mol. The number of ether oxygens (including phenoxy) is 1. The second kappa shape index (κ2) is 3.53. The number of carbonyl (C=O) groups is 1. The van der Waals surface area contributed by atoms with Crippen molar-refractivity contribution in [3.63, 3.8) is 0 Å². The van der Waals surface area contributed by atoms with E-state index in [9.17, 15) is 9.90 Å². The van der Waals surface area contributed by atoms with Gasteiger partial charge in [-0.05, 0) is 25.0 Å². The maximum Gasteiger partial charge on any atom is 0.343 e. The highest BCUT2D eigenvalue weighted by atomic mass is 16.5. The van der Waals surface area contributed by atoms with Crippen LogP contribution in [0.2, 0.25) is 0 Å². The summed E-state index contributed by atoms with van der Waals surface area (Å²) in [5.41, 5.74) is 1.41. The van der Waals surface area contributed by atoms with Crippen LogP contribution in [-0.4, -0.2) is 18.2 Å². The molecule has 3 heteroatoms. The van der Waals surface area contributed by atoms with E-state index in [4.69, 9.17) is 4.74 Å². The third-order valence-electron chi connectivity index (χ3n) is 6.12. The maximum absolute atomic E-state index is 12.4. The van der Waals surface area contributed by atoms with Crippen molar-refractivity contribution in [2.45, 2.75) is 38.7 Å². The number of hydrogen-bond donors (Lipinski definition) is 1. The third kappa shape index (κ3) is 0.966. The minimum atomic E-state index is -1.61. The molecule has 3 nitrogen and oxygen atoms in total. The summed E-state index contributed by atoms with van der Waals surface area (Å²) < 4.78 is 4.93. The molecule has 0 saturated carbocycles. The summed E-state index contributed by atoms with van der Waals surface area (Å²) in [5, 5.41) is 11.3. The minimum Gasteiger partial charge on any atom is -0.467 e. The lowest BCUT2D eigenvalue weighted by molar-refractivity contribution is -0.181. The highest BCUT2D eigenvalue weighted by molar-refractivity contribution is 5.88. The van der Waals surface area contributed by atoms with Crippen LogP contribution in [0.5, 0.6) is 0 Å². The number of allylic oxidation sites excluding steroid dienone is 1. The van der Waals surface area contributed by atoms with Crippen LogP contribution in [-0.2, 0) is 20.5 Å². The van der Waals surface area contributed by atoms with Gasteiger partial charge < -0.3 is 9.84 Å². The molecule has 0 saturated heterocycles. The molecular weight excluding hydrogens is 252 g/mol. The van der Waals surface area contributed by atoms with E-state index in [1.807, 2.05) is 38.1 Å². The Morgan fingerprint density at radius 3 is 2.20 bits per heavy atom. The van der Waals surface area contributed by atoms with Crippen LogP contribution in [0.1, 0.15) is 38.8 Å². The molecule has 0 amide bonds. The molecular formula is C17H20O3. The zero-order valence-electron chi connectivity index (χ0n) is 12.6. The lowest BCUT2D eigenvalue weighted by Gasteiger charge is -2.57. The molecule has 0 bridgehead atoms. The smallest absolute Gasteiger partial charge is 0.343 e. The van der Waals surface area contributed by atoms with Crippen LogP contribution < -0.4 is 0 Å². The molecule has 1 N–H and O–H groups in total. The van der Waals surface area contributed by atoms with Crippen molar-refractivity contribution < 1.29 is 14.6 Å². The Balaban J connectivity index is 2.41. The fraction of sp³-hybridized carbons (Fsp3) is 0.471. The molecule has 1 aromatic carbocycles. The van der Waals surface area contributed by atoms with Crippen molar-refractivity contribution >= 4 is 5.97 Å². The van der Waals surface area contributed by atoms with E-state index < -0.39 is 17.0 Å². The number of carbonyl (C=O) groups excluding carboxylic acids is 1. The topological polar surface area (TPSA) is 46.5 Å². The van der Waals surface area contributed by atoms with E-state index >= 15 is 0 Å². The van der Waals surface area contributed by atoms with E-state index in [2.05, 4.69) is 13.8 Å². The van der Waals surface area contributed by atoms with Gasteiger partial charge in [0.15, 0.2) is 5.60 Å². The van der Waals surface area contributed by atoms with E-state index in [-0.39, 0.29) is 5.41 Å². The summed E-state index contributed by atoms with van der Waals surface area (Å²) in [7, 11) is 1.33. The zero-order valence-corrected chi connectivity index (χ0v) is 12.6. The summed E-state index contributed by atoms with van der Waals surface area (Å²) >= 11 is 0. The number of hydrogen-bond acceptors (Lipinski definition) is 3. The average Bonchev–Trinajstić information content (AvgIpc) is 2.63. The van der Waals surface area contributed by atoms with E-state index in [0.717, 1.165) is 11.1 Å².